The summed E-state index contributed by atoms with van der Waals surface area (Å²) in [5, 5.41) is 11.0. The van der Waals surface area contributed by atoms with Gasteiger partial charge in [-0.15, -0.1) is 0 Å². The van der Waals surface area contributed by atoms with E-state index in [1.54, 1.807) is 0 Å². The number of hydrogen-bond donors (Lipinski definition) is 1. The van der Waals surface area contributed by atoms with Gasteiger partial charge in [0.1, 0.15) is 0 Å². The molecule has 1 N–H and O–H groups in total. The molecule has 7 aromatic carbocycles. The fourth-order valence-corrected chi connectivity index (χ4v) is 8.06. The van der Waals surface area contributed by atoms with Gasteiger partial charge in [0, 0.05) is 40.0 Å². The van der Waals surface area contributed by atoms with Crippen LogP contribution in [-0.2, 0) is 6.61 Å². The Kier molecular flexibility index (Phi) is 13.1. The molecule has 7 aromatic rings. The Balaban J connectivity index is 1.32. The van der Waals surface area contributed by atoms with Gasteiger partial charge in [-0.3, -0.25) is 0 Å². The molecule has 0 saturated carbocycles. The molecule has 0 atom stereocenters. The molecule has 0 aliphatic carbocycles. The van der Waals surface area contributed by atoms with Crippen molar-refractivity contribution in [2.45, 2.75) is 70.8 Å². The maximum absolute atomic E-state index is 11.0. The minimum atomic E-state index is -0.0807. The highest BCUT2D eigenvalue weighted by atomic mass is 16.3. The Bertz CT molecular complexity index is 1990. The quantitative estimate of drug-likeness (QED) is 0.0944. The first-order valence-corrected chi connectivity index (χ1v) is 20.4. The van der Waals surface area contributed by atoms with Crippen molar-refractivity contribution < 1.29 is 5.11 Å². The summed E-state index contributed by atoms with van der Waals surface area (Å²) in [7, 11) is 0. The number of unbranched alkanes of at least 4 members (excludes halogenated alkanes) is 2. The summed E-state index contributed by atoms with van der Waals surface area (Å²) in [6, 6.07) is 67.2. The van der Waals surface area contributed by atoms with Crippen LogP contribution in [0, 0.1) is 0 Å². The lowest BCUT2D eigenvalue weighted by molar-refractivity contribution is 0.280. The van der Waals surface area contributed by atoms with E-state index in [-0.39, 0.29) is 12.5 Å². The van der Waals surface area contributed by atoms with E-state index in [0.717, 1.165) is 45.3 Å². The van der Waals surface area contributed by atoms with E-state index >= 15 is 0 Å². The largest absolute Gasteiger partial charge is 0.392 e. The topological polar surface area (TPSA) is 26.7 Å². The van der Waals surface area contributed by atoms with Gasteiger partial charge in [0.25, 0.3) is 0 Å². The van der Waals surface area contributed by atoms with Crippen molar-refractivity contribution in [2.75, 3.05) is 9.80 Å². The maximum Gasteiger partial charge on any atom is 0.0684 e. The second-order valence-electron chi connectivity index (χ2n) is 14.7. The SMILES string of the molecule is CCCCC(CCCC)c1ccc(C(c2ccc(N(c3ccccc3)c3ccccc3)cc2)c2ccc(N(c3ccccc3)c3ccccc3)cc2)c(CO)c1. The first-order chi connectivity index (χ1) is 27.7. The van der Waals surface area contributed by atoms with E-state index in [2.05, 4.69) is 212 Å². The number of nitrogens with zero attached hydrogens (tertiary/aromatic N) is 2. The third-order valence-electron chi connectivity index (χ3n) is 11.0. The molecule has 56 heavy (non-hydrogen) atoms. The fourth-order valence-electron chi connectivity index (χ4n) is 8.06. The van der Waals surface area contributed by atoms with Crippen LogP contribution in [0.25, 0.3) is 0 Å². The Labute approximate surface area is 334 Å². The van der Waals surface area contributed by atoms with Gasteiger partial charge in [0.05, 0.1) is 6.61 Å². The first kappa shape index (κ1) is 38.4. The number of aliphatic hydroxyl groups is 1. The Morgan fingerprint density at radius 2 is 0.750 bits per heavy atom. The zero-order chi connectivity index (χ0) is 38.5. The fraction of sp³-hybridized carbons (Fsp3) is 0.208. The van der Waals surface area contributed by atoms with E-state index in [4.69, 9.17) is 0 Å². The Morgan fingerprint density at radius 3 is 1.09 bits per heavy atom. The van der Waals surface area contributed by atoms with E-state index < -0.39 is 0 Å². The predicted molar refractivity (Wildman–Crippen MR) is 237 cm³/mol. The molecule has 3 heteroatoms. The van der Waals surface area contributed by atoms with Crippen LogP contribution in [0.1, 0.15) is 92.0 Å². The molecule has 0 radical (unpaired) electrons. The number of benzene rings is 7. The second-order valence-corrected chi connectivity index (χ2v) is 14.7. The standard InChI is InChI=1S/C53H54N2O/c1-3-5-19-41(20-6-4-2)44-33-38-52(45(39-44)40-56)53(42-29-34-50(35-30-42)54(46-21-11-7-12-22-46)47-23-13-8-14-24-47)43-31-36-51(37-32-43)55(48-25-15-9-16-26-48)49-27-17-10-18-28-49/h7-18,21-39,41,53,56H,3-6,19-20,40H2,1-2H3. The average molecular weight is 735 g/mol. The number of anilines is 6. The molecule has 0 spiro atoms. The number of para-hydroxylation sites is 4. The van der Waals surface area contributed by atoms with Gasteiger partial charge in [-0.05, 0) is 119 Å². The van der Waals surface area contributed by atoms with Crippen molar-refractivity contribution >= 4 is 34.1 Å². The minimum absolute atomic E-state index is 0.00427. The van der Waals surface area contributed by atoms with Crippen LogP contribution >= 0.6 is 0 Å². The molecule has 0 amide bonds. The molecule has 7 rings (SSSR count). The highest BCUT2D eigenvalue weighted by Gasteiger charge is 2.23. The molecular weight excluding hydrogens is 681 g/mol. The van der Waals surface area contributed by atoms with Gasteiger partial charge < -0.3 is 14.9 Å². The number of hydrogen-bond acceptors (Lipinski definition) is 3. The first-order valence-electron chi connectivity index (χ1n) is 20.4. The van der Waals surface area contributed by atoms with Crippen molar-refractivity contribution in [2.24, 2.45) is 0 Å². The molecule has 0 aliphatic heterocycles. The van der Waals surface area contributed by atoms with Crippen molar-refractivity contribution in [1.82, 2.24) is 0 Å². The molecule has 0 fully saturated rings. The van der Waals surface area contributed by atoms with Gasteiger partial charge in [-0.25, -0.2) is 0 Å². The van der Waals surface area contributed by atoms with E-state index in [1.165, 1.54) is 55.2 Å². The van der Waals surface area contributed by atoms with Gasteiger partial charge in [-0.1, -0.05) is 155 Å². The van der Waals surface area contributed by atoms with Gasteiger partial charge >= 0.3 is 0 Å². The van der Waals surface area contributed by atoms with Crippen LogP contribution in [0.2, 0.25) is 0 Å². The molecule has 282 valence electrons. The lowest BCUT2D eigenvalue weighted by Crippen LogP contribution is -2.12. The normalized spacial score (nSPS) is 11.2. The average Bonchev–Trinajstić information content (AvgIpc) is 3.27. The minimum Gasteiger partial charge on any atom is -0.392 e. The summed E-state index contributed by atoms with van der Waals surface area (Å²) in [5.41, 5.74) is 12.5. The van der Waals surface area contributed by atoms with Crippen molar-refractivity contribution in [3.05, 3.63) is 216 Å². The molecule has 0 aliphatic rings. The molecule has 0 unspecified atom stereocenters. The molecule has 0 bridgehead atoms. The Morgan fingerprint density at radius 1 is 0.411 bits per heavy atom. The summed E-state index contributed by atoms with van der Waals surface area (Å²) < 4.78 is 0. The smallest absolute Gasteiger partial charge is 0.0684 e. The van der Waals surface area contributed by atoms with Gasteiger partial charge in [0.15, 0.2) is 0 Å². The van der Waals surface area contributed by atoms with Crippen LogP contribution in [0.5, 0.6) is 0 Å². The summed E-state index contributed by atoms with van der Waals surface area (Å²) in [6.07, 6.45) is 7.20. The highest BCUT2D eigenvalue weighted by Crippen LogP contribution is 2.41. The van der Waals surface area contributed by atoms with Crippen molar-refractivity contribution in [3.63, 3.8) is 0 Å². The molecular formula is C53H54N2O. The van der Waals surface area contributed by atoms with Crippen LogP contribution in [0.3, 0.4) is 0 Å². The zero-order valence-electron chi connectivity index (χ0n) is 32.8. The predicted octanol–water partition coefficient (Wildman–Crippen LogP) is 14.8. The molecule has 0 aromatic heterocycles. The Hall–Kier alpha value is -5.90. The van der Waals surface area contributed by atoms with E-state index in [1.807, 2.05) is 0 Å². The molecule has 0 saturated heterocycles. The summed E-state index contributed by atoms with van der Waals surface area (Å²) in [4.78, 5) is 4.60. The van der Waals surface area contributed by atoms with E-state index in [0.29, 0.717) is 5.92 Å². The van der Waals surface area contributed by atoms with Crippen LogP contribution in [-0.4, -0.2) is 5.11 Å². The maximum atomic E-state index is 11.0. The molecule has 0 heterocycles. The summed E-state index contributed by atoms with van der Waals surface area (Å²) in [5.74, 6) is 0.429. The van der Waals surface area contributed by atoms with Crippen LogP contribution in [0.4, 0.5) is 34.1 Å². The number of rotatable bonds is 17. The van der Waals surface area contributed by atoms with Crippen LogP contribution < -0.4 is 9.80 Å². The van der Waals surface area contributed by atoms with Crippen molar-refractivity contribution in [1.29, 1.82) is 0 Å². The lowest BCUT2D eigenvalue weighted by atomic mass is 9.80. The molecule has 3 nitrogen and oxygen atoms in total. The monoisotopic (exact) mass is 734 g/mol. The van der Waals surface area contributed by atoms with E-state index in [9.17, 15) is 5.11 Å². The lowest BCUT2D eigenvalue weighted by Gasteiger charge is -2.28. The van der Waals surface area contributed by atoms with Crippen LogP contribution in [0.15, 0.2) is 188 Å². The third kappa shape index (κ3) is 8.96. The zero-order valence-corrected chi connectivity index (χ0v) is 32.8. The van der Waals surface area contributed by atoms with Gasteiger partial charge in [0.2, 0.25) is 0 Å². The van der Waals surface area contributed by atoms with Crippen molar-refractivity contribution in [3.8, 4) is 0 Å². The highest BCUT2D eigenvalue weighted by molar-refractivity contribution is 5.78. The summed E-state index contributed by atoms with van der Waals surface area (Å²) in [6.45, 7) is 4.55. The van der Waals surface area contributed by atoms with Gasteiger partial charge in [-0.2, -0.15) is 0 Å². The summed E-state index contributed by atoms with van der Waals surface area (Å²) >= 11 is 0. The third-order valence-corrected chi connectivity index (χ3v) is 11.0. The second kappa shape index (κ2) is 19.1. The number of aliphatic hydroxyl groups excluding tert-OH is 1.